The van der Waals surface area contributed by atoms with Crippen LogP contribution in [0.1, 0.15) is 52.3 Å². The molecule has 0 amide bonds. The summed E-state index contributed by atoms with van der Waals surface area (Å²) < 4.78 is 3.44. The third-order valence-corrected chi connectivity index (χ3v) is 4.61. The van der Waals surface area contributed by atoms with E-state index in [2.05, 4.69) is 30.7 Å². The number of aromatic nitrogens is 4. The van der Waals surface area contributed by atoms with Gasteiger partial charge in [-0.15, -0.1) is 0 Å². The van der Waals surface area contributed by atoms with Gasteiger partial charge >= 0.3 is 5.69 Å². The third kappa shape index (κ3) is 3.77. The van der Waals surface area contributed by atoms with Gasteiger partial charge in [-0.05, 0) is 19.8 Å². The van der Waals surface area contributed by atoms with Crippen LogP contribution >= 0.6 is 0 Å². The van der Waals surface area contributed by atoms with Crippen LogP contribution in [0.3, 0.4) is 0 Å². The highest BCUT2D eigenvalue weighted by molar-refractivity contribution is 5.70. The summed E-state index contributed by atoms with van der Waals surface area (Å²) in [6, 6.07) is 0. The number of nitrogens with zero attached hydrogens (tertiary/aromatic N) is 3. The van der Waals surface area contributed by atoms with Crippen LogP contribution in [0.15, 0.2) is 9.59 Å². The molecule has 2 rings (SSSR count). The summed E-state index contributed by atoms with van der Waals surface area (Å²) in [4.78, 5) is 32.7. The van der Waals surface area contributed by atoms with Crippen molar-refractivity contribution in [2.24, 2.45) is 7.05 Å². The van der Waals surface area contributed by atoms with Crippen LogP contribution in [0.5, 0.6) is 0 Å². The van der Waals surface area contributed by atoms with Crippen LogP contribution in [-0.4, -0.2) is 32.2 Å². The average molecular weight is 336 g/mol. The first-order chi connectivity index (χ1) is 11.5. The number of fused-ring (bicyclic) bond motifs is 1. The van der Waals surface area contributed by atoms with Crippen molar-refractivity contribution >= 4 is 11.2 Å². The molecule has 24 heavy (non-hydrogen) atoms. The van der Waals surface area contributed by atoms with Crippen molar-refractivity contribution in [3.63, 3.8) is 0 Å². The predicted molar refractivity (Wildman–Crippen MR) is 95.5 cm³/mol. The number of hydrogen-bond donors (Lipinski definition) is 2. The molecular weight excluding hydrogens is 306 g/mol. The van der Waals surface area contributed by atoms with Crippen LogP contribution in [-0.2, 0) is 20.1 Å². The van der Waals surface area contributed by atoms with E-state index in [0.29, 0.717) is 11.2 Å². The van der Waals surface area contributed by atoms with Crippen molar-refractivity contribution in [2.45, 2.75) is 59.5 Å². The minimum atomic E-state index is -0.412. The normalized spacial score (nSPS) is 12.8. The van der Waals surface area contributed by atoms with Gasteiger partial charge in [0.2, 0.25) is 0 Å². The van der Waals surface area contributed by atoms with Crippen molar-refractivity contribution in [1.82, 2.24) is 19.1 Å². The number of aryl methyl sites for hydroxylation is 2. The Kier molecular flexibility index (Phi) is 6.36. The van der Waals surface area contributed by atoms with E-state index in [-0.39, 0.29) is 5.56 Å². The Morgan fingerprint density at radius 3 is 2.46 bits per heavy atom. The summed E-state index contributed by atoms with van der Waals surface area (Å²) in [5.74, 6) is 0.901. The molecule has 2 heterocycles. The molecule has 0 saturated heterocycles. The van der Waals surface area contributed by atoms with Gasteiger partial charge in [-0.3, -0.25) is 14.3 Å². The largest absolute Gasteiger partial charge is 0.329 e. The highest BCUT2D eigenvalue weighted by Crippen LogP contribution is 2.11. The number of unbranched alkanes of at least 4 members (excludes halogenated alkanes) is 2. The quantitative estimate of drug-likeness (QED) is 0.697. The van der Waals surface area contributed by atoms with E-state index in [9.17, 15) is 9.59 Å². The van der Waals surface area contributed by atoms with Crippen LogP contribution in [0, 0.1) is 0 Å². The van der Waals surface area contributed by atoms with Gasteiger partial charge in [0.15, 0.2) is 17.0 Å². The van der Waals surface area contributed by atoms with Crippen LogP contribution in [0.25, 0.3) is 11.2 Å². The number of nitrogens with one attached hydrogen (secondary N) is 2. The lowest BCUT2D eigenvalue weighted by Gasteiger charge is -2.17. The van der Waals surface area contributed by atoms with Crippen molar-refractivity contribution < 1.29 is 4.90 Å². The van der Waals surface area contributed by atoms with Crippen LogP contribution in [0.4, 0.5) is 0 Å². The molecule has 0 aliphatic rings. The molecule has 0 fully saturated rings. The lowest BCUT2D eigenvalue weighted by molar-refractivity contribution is -0.913. The Balaban J connectivity index is 2.51. The maximum atomic E-state index is 12.3. The zero-order chi connectivity index (χ0) is 17.7. The lowest BCUT2D eigenvalue weighted by atomic mass is 10.3. The van der Waals surface area contributed by atoms with E-state index < -0.39 is 5.69 Å². The van der Waals surface area contributed by atoms with Gasteiger partial charge in [-0.25, -0.2) is 9.78 Å². The molecule has 2 N–H and O–H groups in total. The Hall–Kier alpha value is -1.89. The number of aromatic amines is 1. The third-order valence-electron chi connectivity index (χ3n) is 4.61. The lowest BCUT2D eigenvalue weighted by Crippen LogP contribution is -3.10. The van der Waals surface area contributed by atoms with E-state index in [1.807, 2.05) is 4.57 Å². The minimum absolute atomic E-state index is 0.338. The molecule has 1 atom stereocenters. The Morgan fingerprint density at radius 1 is 1.12 bits per heavy atom. The fraction of sp³-hybridized carbons (Fsp3) is 0.706. The smallest absolute Gasteiger partial charge is 0.329 e. The summed E-state index contributed by atoms with van der Waals surface area (Å²) in [7, 11) is 1.66. The second kappa shape index (κ2) is 8.28. The molecule has 0 aliphatic heterocycles. The molecule has 2 aromatic heterocycles. The van der Waals surface area contributed by atoms with E-state index in [1.165, 1.54) is 22.3 Å². The summed E-state index contributed by atoms with van der Waals surface area (Å²) >= 11 is 0. The predicted octanol–water partition coefficient (Wildman–Crippen LogP) is 0.428. The Bertz CT molecular complexity index is 787. The highest BCUT2D eigenvalue weighted by Gasteiger charge is 2.20. The Labute approximate surface area is 142 Å². The molecular formula is C17H30N5O2+. The average Bonchev–Trinajstić information content (AvgIpc) is 2.93. The summed E-state index contributed by atoms with van der Waals surface area (Å²) in [6.07, 6.45) is 4.38. The SMILES string of the molecule is CCCCn1c(C[NH+](CC)CCCC)nc2c1c(=O)[nH]c(=O)n2C. The topological polar surface area (TPSA) is 77.1 Å². The van der Waals surface area contributed by atoms with E-state index in [0.717, 1.165) is 44.8 Å². The molecule has 7 nitrogen and oxygen atoms in total. The maximum absolute atomic E-state index is 12.3. The van der Waals surface area contributed by atoms with Gasteiger partial charge in [0.05, 0.1) is 13.1 Å². The second-order valence-corrected chi connectivity index (χ2v) is 6.41. The number of quaternary nitrogens is 1. The van der Waals surface area contributed by atoms with Crippen molar-refractivity contribution in [3.05, 3.63) is 26.7 Å². The summed E-state index contributed by atoms with van der Waals surface area (Å²) in [5, 5.41) is 0. The zero-order valence-corrected chi connectivity index (χ0v) is 15.3. The minimum Gasteiger partial charge on any atom is -0.329 e. The molecule has 0 radical (unpaired) electrons. The summed E-state index contributed by atoms with van der Waals surface area (Å²) in [6.45, 7) is 10.2. The first-order valence-corrected chi connectivity index (χ1v) is 9.05. The van der Waals surface area contributed by atoms with E-state index >= 15 is 0 Å². The number of hydrogen-bond acceptors (Lipinski definition) is 3. The number of imidazole rings is 1. The zero-order valence-electron chi connectivity index (χ0n) is 15.3. The monoisotopic (exact) mass is 336 g/mol. The molecule has 0 saturated carbocycles. The van der Waals surface area contributed by atoms with Crippen molar-refractivity contribution in [3.8, 4) is 0 Å². The van der Waals surface area contributed by atoms with Gasteiger partial charge in [0.25, 0.3) is 5.56 Å². The molecule has 0 aromatic carbocycles. The molecule has 1 unspecified atom stereocenters. The van der Waals surface area contributed by atoms with Crippen molar-refractivity contribution in [2.75, 3.05) is 13.1 Å². The van der Waals surface area contributed by atoms with Gasteiger partial charge in [0.1, 0.15) is 6.54 Å². The molecule has 7 heteroatoms. The van der Waals surface area contributed by atoms with E-state index in [4.69, 9.17) is 0 Å². The fourth-order valence-electron chi connectivity index (χ4n) is 3.01. The molecule has 0 spiro atoms. The highest BCUT2D eigenvalue weighted by atomic mass is 16.2. The van der Waals surface area contributed by atoms with E-state index in [1.54, 1.807) is 7.05 Å². The molecule has 2 aromatic rings. The maximum Gasteiger partial charge on any atom is 0.329 e. The van der Waals surface area contributed by atoms with Crippen LogP contribution < -0.4 is 16.1 Å². The van der Waals surface area contributed by atoms with Crippen LogP contribution in [0.2, 0.25) is 0 Å². The number of rotatable bonds is 9. The molecule has 134 valence electrons. The second-order valence-electron chi connectivity index (χ2n) is 6.41. The van der Waals surface area contributed by atoms with Gasteiger partial charge in [-0.1, -0.05) is 26.7 Å². The van der Waals surface area contributed by atoms with Crippen molar-refractivity contribution in [1.29, 1.82) is 0 Å². The van der Waals surface area contributed by atoms with Gasteiger partial charge in [0, 0.05) is 13.6 Å². The standard InChI is InChI=1S/C17H29N5O2/c1-5-8-10-21(7-3)12-13-18-15-14(22(13)11-9-6-2)16(23)19-17(24)20(15)4/h5-12H2,1-4H3,(H,19,23,24)/p+1. The van der Waals surface area contributed by atoms with Gasteiger partial charge < -0.3 is 9.47 Å². The fourth-order valence-corrected chi connectivity index (χ4v) is 3.01. The first-order valence-electron chi connectivity index (χ1n) is 9.05. The molecule has 0 bridgehead atoms. The Morgan fingerprint density at radius 2 is 1.83 bits per heavy atom. The number of H-pyrrole nitrogens is 1. The molecule has 0 aliphatic carbocycles. The van der Waals surface area contributed by atoms with Gasteiger partial charge in [-0.2, -0.15) is 0 Å². The summed E-state index contributed by atoms with van der Waals surface area (Å²) in [5.41, 5.74) is 0.256. The first kappa shape index (κ1) is 18.4.